The van der Waals surface area contributed by atoms with E-state index in [0.717, 1.165) is 36.1 Å². The molecule has 2 aliphatic heterocycles. The lowest BCUT2D eigenvalue weighted by Crippen LogP contribution is -2.29. The van der Waals surface area contributed by atoms with Gasteiger partial charge in [0.15, 0.2) is 0 Å². The van der Waals surface area contributed by atoms with Gasteiger partial charge >= 0.3 is 0 Å². The standard InChI is InChI=1S/C20H28N2OS2/c1-14-5-6-15-16-13-24-19(12-18(16)25-17(15)11-14)20(23)21-7-4-10-22-8-2-3-9-22/h12,14H,2-11,13H2,1H3,(H,21,23). The Morgan fingerprint density at radius 2 is 2.16 bits per heavy atom. The minimum atomic E-state index is 0.122. The Balaban J connectivity index is 1.33. The summed E-state index contributed by atoms with van der Waals surface area (Å²) in [6.45, 7) is 6.73. The van der Waals surface area contributed by atoms with E-state index in [9.17, 15) is 4.79 Å². The summed E-state index contributed by atoms with van der Waals surface area (Å²) in [5.41, 5.74) is 3.12. The van der Waals surface area contributed by atoms with Gasteiger partial charge in [0.05, 0.1) is 4.91 Å². The maximum absolute atomic E-state index is 12.5. The molecule has 0 radical (unpaired) electrons. The molecule has 1 aromatic rings. The van der Waals surface area contributed by atoms with Crippen molar-refractivity contribution >= 4 is 35.1 Å². The third-order valence-corrected chi connectivity index (χ3v) is 7.94. The lowest BCUT2D eigenvalue weighted by atomic mass is 9.88. The maximum atomic E-state index is 12.5. The summed E-state index contributed by atoms with van der Waals surface area (Å²) in [6, 6.07) is 0. The van der Waals surface area contributed by atoms with E-state index in [4.69, 9.17) is 0 Å². The van der Waals surface area contributed by atoms with Crippen molar-refractivity contribution in [1.82, 2.24) is 10.2 Å². The molecular weight excluding hydrogens is 348 g/mol. The average Bonchev–Trinajstić information content (AvgIpc) is 3.24. The van der Waals surface area contributed by atoms with E-state index < -0.39 is 0 Å². The molecule has 1 saturated heterocycles. The van der Waals surface area contributed by atoms with Gasteiger partial charge in [-0.2, -0.15) is 0 Å². The highest BCUT2D eigenvalue weighted by Crippen LogP contribution is 2.43. The third kappa shape index (κ3) is 3.99. The Morgan fingerprint density at radius 3 is 3.00 bits per heavy atom. The summed E-state index contributed by atoms with van der Waals surface area (Å²) in [7, 11) is 0. The molecule has 0 saturated carbocycles. The lowest BCUT2D eigenvalue weighted by molar-refractivity contribution is -0.116. The number of hydrogen-bond acceptors (Lipinski definition) is 4. The molecule has 1 amide bonds. The van der Waals surface area contributed by atoms with Crippen LogP contribution in [-0.2, 0) is 23.4 Å². The Kier molecular flexibility index (Phi) is 5.53. The van der Waals surface area contributed by atoms with Gasteiger partial charge in [0, 0.05) is 22.1 Å². The van der Waals surface area contributed by atoms with Crippen LogP contribution in [0.2, 0.25) is 0 Å². The van der Waals surface area contributed by atoms with Crippen LogP contribution in [0.25, 0.3) is 6.08 Å². The summed E-state index contributed by atoms with van der Waals surface area (Å²) in [6.07, 6.45) is 9.64. The first-order chi connectivity index (χ1) is 12.2. The van der Waals surface area contributed by atoms with E-state index >= 15 is 0 Å². The van der Waals surface area contributed by atoms with Crippen LogP contribution in [0.1, 0.15) is 53.5 Å². The minimum Gasteiger partial charge on any atom is -0.352 e. The summed E-state index contributed by atoms with van der Waals surface area (Å²) in [4.78, 5) is 18.8. The van der Waals surface area contributed by atoms with Gasteiger partial charge < -0.3 is 10.2 Å². The van der Waals surface area contributed by atoms with Gasteiger partial charge in [-0.25, -0.2) is 0 Å². The van der Waals surface area contributed by atoms with Gasteiger partial charge in [-0.15, -0.1) is 23.1 Å². The van der Waals surface area contributed by atoms with Crippen molar-refractivity contribution in [2.24, 2.45) is 5.92 Å². The van der Waals surface area contributed by atoms with E-state index in [2.05, 4.69) is 23.2 Å². The van der Waals surface area contributed by atoms with Crippen molar-refractivity contribution < 1.29 is 4.79 Å². The number of carbonyl (C=O) groups excluding carboxylic acids is 1. The van der Waals surface area contributed by atoms with Crippen LogP contribution in [0.15, 0.2) is 4.91 Å². The number of hydrogen-bond donors (Lipinski definition) is 1. The Hall–Kier alpha value is -0.780. The zero-order valence-corrected chi connectivity index (χ0v) is 16.7. The molecule has 3 nitrogen and oxygen atoms in total. The molecule has 1 atom stereocenters. The van der Waals surface area contributed by atoms with Gasteiger partial charge in [0.2, 0.25) is 0 Å². The summed E-state index contributed by atoms with van der Waals surface area (Å²) < 4.78 is 0. The molecule has 1 fully saturated rings. The number of likely N-dealkylation sites (tertiary alicyclic amines) is 1. The van der Waals surface area contributed by atoms with Gasteiger partial charge in [-0.1, -0.05) is 6.92 Å². The molecule has 0 spiro atoms. The monoisotopic (exact) mass is 376 g/mol. The Morgan fingerprint density at radius 1 is 1.32 bits per heavy atom. The fourth-order valence-corrected chi connectivity index (χ4v) is 6.83. The summed E-state index contributed by atoms with van der Waals surface area (Å²) in [5.74, 6) is 1.90. The third-order valence-electron chi connectivity index (χ3n) is 5.65. The highest BCUT2D eigenvalue weighted by Gasteiger charge is 2.26. The van der Waals surface area contributed by atoms with E-state index in [1.54, 1.807) is 22.2 Å². The van der Waals surface area contributed by atoms with Crippen LogP contribution in [0.3, 0.4) is 0 Å². The van der Waals surface area contributed by atoms with Gasteiger partial charge in [0.1, 0.15) is 0 Å². The zero-order valence-electron chi connectivity index (χ0n) is 15.1. The Bertz CT molecular complexity index is 673. The molecule has 1 N–H and O–H groups in total. The number of nitrogens with one attached hydrogen (secondary N) is 1. The average molecular weight is 377 g/mol. The van der Waals surface area contributed by atoms with E-state index in [1.165, 1.54) is 55.6 Å². The fourth-order valence-electron chi connectivity index (χ4n) is 4.15. The van der Waals surface area contributed by atoms with Gasteiger partial charge in [0.25, 0.3) is 5.91 Å². The number of nitrogens with zero attached hydrogens (tertiary/aromatic N) is 1. The normalized spacial score (nSPS) is 23.1. The van der Waals surface area contributed by atoms with Crippen LogP contribution in [0.4, 0.5) is 0 Å². The van der Waals surface area contributed by atoms with Crippen LogP contribution >= 0.6 is 23.1 Å². The molecule has 25 heavy (non-hydrogen) atoms. The second-order valence-corrected chi connectivity index (χ2v) is 9.80. The van der Waals surface area contributed by atoms with Crippen LogP contribution in [0, 0.1) is 5.92 Å². The SMILES string of the molecule is CC1CCc2c(sc3c2CSC(C(=O)NCCCN2CCCC2)=C3)C1. The van der Waals surface area contributed by atoms with Crippen LogP contribution in [-0.4, -0.2) is 37.0 Å². The Labute approximate surface area is 159 Å². The van der Waals surface area contributed by atoms with Crippen LogP contribution < -0.4 is 5.32 Å². The quantitative estimate of drug-likeness (QED) is 0.787. The lowest BCUT2D eigenvalue weighted by Gasteiger charge is -2.20. The predicted molar refractivity (Wildman–Crippen MR) is 108 cm³/mol. The molecule has 0 aromatic carbocycles. The highest BCUT2D eigenvalue weighted by molar-refractivity contribution is 8.03. The van der Waals surface area contributed by atoms with Crippen molar-refractivity contribution in [1.29, 1.82) is 0 Å². The van der Waals surface area contributed by atoms with Crippen LogP contribution in [0.5, 0.6) is 0 Å². The number of rotatable bonds is 5. The highest BCUT2D eigenvalue weighted by atomic mass is 32.2. The van der Waals surface area contributed by atoms with Crippen molar-refractivity contribution in [2.75, 3.05) is 26.2 Å². The fraction of sp³-hybridized carbons (Fsp3) is 0.650. The largest absolute Gasteiger partial charge is 0.352 e. The topological polar surface area (TPSA) is 32.3 Å². The van der Waals surface area contributed by atoms with Crippen molar-refractivity contribution in [3.8, 4) is 0 Å². The molecule has 1 aliphatic carbocycles. The molecule has 0 bridgehead atoms. The number of thiophene rings is 1. The smallest absolute Gasteiger partial charge is 0.257 e. The molecule has 3 heterocycles. The molecule has 1 unspecified atom stereocenters. The first-order valence-corrected chi connectivity index (χ1v) is 11.5. The second kappa shape index (κ2) is 7.85. The molecular formula is C20H28N2OS2. The van der Waals surface area contributed by atoms with E-state index in [0.29, 0.717) is 0 Å². The van der Waals surface area contributed by atoms with E-state index in [-0.39, 0.29) is 5.91 Å². The molecule has 3 aliphatic rings. The number of carbonyl (C=O) groups is 1. The zero-order chi connectivity index (χ0) is 17.2. The first-order valence-electron chi connectivity index (χ1n) is 9.69. The number of thioether (sulfide) groups is 1. The van der Waals surface area contributed by atoms with Crippen molar-refractivity contribution in [3.63, 3.8) is 0 Å². The van der Waals surface area contributed by atoms with Crippen molar-refractivity contribution in [3.05, 3.63) is 25.8 Å². The molecule has 4 rings (SSSR count). The number of fused-ring (bicyclic) bond motifs is 3. The first kappa shape index (κ1) is 17.6. The van der Waals surface area contributed by atoms with Gasteiger partial charge in [-0.3, -0.25) is 4.79 Å². The molecule has 1 aromatic heterocycles. The maximum Gasteiger partial charge on any atom is 0.257 e. The predicted octanol–water partition coefficient (Wildman–Crippen LogP) is 4.06. The molecule has 136 valence electrons. The number of amides is 1. The summed E-state index contributed by atoms with van der Waals surface area (Å²) >= 11 is 3.65. The molecule has 5 heteroatoms. The van der Waals surface area contributed by atoms with Gasteiger partial charge in [-0.05, 0) is 81.3 Å². The minimum absolute atomic E-state index is 0.122. The second-order valence-electron chi connectivity index (χ2n) is 7.65. The van der Waals surface area contributed by atoms with Crippen molar-refractivity contribution in [2.45, 2.75) is 51.2 Å². The summed E-state index contributed by atoms with van der Waals surface area (Å²) in [5, 5.41) is 3.13. The van der Waals surface area contributed by atoms with E-state index in [1.807, 2.05) is 11.3 Å².